The molecule has 0 unspecified atom stereocenters. The van der Waals surface area contributed by atoms with E-state index in [1.807, 2.05) is 19.2 Å². The van der Waals surface area contributed by atoms with Crippen molar-refractivity contribution in [2.75, 3.05) is 20.2 Å². The summed E-state index contributed by atoms with van der Waals surface area (Å²) >= 11 is 0. The van der Waals surface area contributed by atoms with Crippen LogP contribution in [0.15, 0.2) is 24.3 Å². The van der Waals surface area contributed by atoms with Gasteiger partial charge in [0.15, 0.2) is 6.61 Å². The van der Waals surface area contributed by atoms with Crippen molar-refractivity contribution in [2.24, 2.45) is 0 Å². The van der Waals surface area contributed by atoms with Crippen LogP contribution in [-0.2, 0) is 11.2 Å². The second kappa shape index (κ2) is 6.85. The molecule has 0 amide bonds. The first-order valence-electron chi connectivity index (χ1n) is 5.30. The molecule has 1 rings (SSSR count). The van der Waals surface area contributed by atoms with Crippen molar-refractivity contribution in [3.8, 4) is 5.75 Å². The fourth-order valence-corrected chi connectivity index (χ4v) is 1.37. The van der Waals surface area contributed by atoms with E-state index in [0.29, 0.717) is 5.75 Å². The quantitative estimate of drug-likeness (QED) is 0.684. The van der Waals surface area contributed by atoms with E-state index in [0.717, 1.165) is 19.4 Å². The molecule has 1 aromatic rings. The normalized spacial score (nSPS) is 10.1. The van der Waals surface area contributed by atoms with E-state index in [-0.39, 0.29) is 6.61 Å². The second-order valence-electron chi connectivity index (χ2n) is 3.53. The SMILES string of the molecule is CNCCCc1ccc(OCC(=O)O)cc1. The number of aliphatic carboxylic acids is 1. The van der Waals surface area contributed by atoms with Crippen molar-refractivity contribution in [3.05, 3.63) is 29.8 Å². The maximum absolute atomic E-state index is 10.3. The minimum absolute atomic E-state index is 0.293. The van der Waals surface area contributed by atoms with Crippen LogP contribution in [0.3, 0.4) is 0 Å². The molecule has 0 aliphatic heterocycles. The van der Waals surface area contributed by atoms with E-state index in [1.165, 1.54) is 5.56 Å². The highest BCUT2D eigenvalue weighted by molar-refractivity contribution is 5.68. The summed E-state index contributed by atoms with van der Waals surface area (Å²) in [7, 11) is 1.93. The van der Waals surface area contributed by atoms with Gasteiger partial charge < -0.3 is 15.2 Å². The van der Waals surface area contributed by atoms with Crippen molar-refractivity contribution in [1.82, 2.24) is 5.32 Å². The number of rotatable bonds is 7. The Morgan fingerprint density at radius 1 is 1.38 bits per heavy atom. The monoisotopic (exact) mass is 223 g/mol. The molecule has 0 radical (unpaired) electrons. The molecule has 0 atom stereocenters. The van der Waals surface area contributed by atoms with E-state index < -0.39 is 5.97 Å². The van der Waals surface area contributed by atoms with Gasteiger partial charge in [0.2, 0.25) is 0 Å². The molecule has 0 saturated heterocycles. The lowest BCUT2D eigenvalue weighted by molar-refractivity contribution is -0.139. The average molecular weight is 223 g/mol. The number of hydrogen-bond acceptors (Lipinski definition) is 3. The van der Waals surface area contributed by atoms with Crippen LogP contribution >= 0.6 is 0 Å². The van der Waals surface area contributed by atoms with Gasteiger partial charge in [-0.2, -0.15) is 0 Å². The van der Waals surface area contributed by atoms with E-state index >= 15 is 0 Å². The minimum Gasteiger partial charge on any atom is -0.482 e. The number of aryl methyl sites for hydroxylation is 1. The van der Waals surface area contributed by atoms with Gasteiger partial charge in [-0.1, -0.05) is 12.1 Å². The number of benzene rings is 1. The van der Waals surface area contributed by atoms with Crippen LogP contribution in [0.25, 0.3) is 0 Å². The third-order valence-electron chi connectivity index (χ3n) is 2.18. The average Bonchev–Trinajstić information content (AvgIpc) is 2.28. The maximum atomic E-state index is 10.3. The molecule has 16 heavy (non-hydrogen) atoms. The maximum Gasteiger partial charge on any atom is 0.341 e. The van der Waals surface area contributed by atoms with E-state index in [2.05, 4.69) is 5.32 Å². The molecule has 1 aromatic carbocycles. The topological polar surface area (TPSA) is 58.6 Å². The highest BCUT2D eigenvalue weighted by Gasteiger charge is 1.99. The Kier molecular flexibility index (Phi) is 5.36. The zero-order chi connectivity index (χ0) is 11.8. The summed E-state index contributed by atoms with van der Waals surface area (Å²) in [4.78, 5) is 10.3. The molecule has 2 N–H and O–H groups in total. The zero-order valence-electron chi connectivity index (χ0n) is 9.40. The fourth-order valence-electron chi connectivity index (χ4n) is 1.37. The molecule has 0 aromatic heterocycles. The molecule has 0 spiro atoms. The Morgan fingerprint density at radius 2 is 2.06 bits per heavy atom. The van der Waals surface area contributed by atoms with Crippen LogP contribution in [0.1, 0.15) is 12.0 Å². The third kappa shape index (κ3) is 4.79. The summed E-state index contributed by atoms with van der Waals surface area (Å²) in [5.74, 6) is -0.363. The minimum atomic E-state index is -0.960. The largest absolute Gasteiger partial charge is 0.482 e. The smallest absolute Gasteiger partial charge is 0.341 e. The highest BCUT2D eigenvalue weighted by Crippen LogP contribution is 2.13. The molecule has 88 valence electrons. The van der Waals surface area contributed by atoms with E-state index in [4.69, 9.17) is 9.84 Å². The number of ether oxygens (including phenoxy) is 1. The van der Waals surface area contributed by atoms with Crippen molar-refractivity contribution in [1.29, 1.82) is 0 Å². The Balaban J connectivity index is 2.38. The fraction of sp³-hybridized carbons (Fsp3) is 0.417. The van der Waals surface area contributed by atoms with Gasteiger partial charge in [-0.05, 0) is 44.1 Å². The summed E-state index contributed by atoms with van der Waals surface area (Å²) in [6.07, 6.45) is 2.10. The first-order chi connectivity index (χ1) is 7.72. The predicted octanol–water partition coefficient (Wildman–Crippen LogP) is 1.30. The molecule has 0 aliphatic rings. The predicted molar refractivity (Wildman–Crippen MR) is 61.8 cm³/mol. The van der Waals surface area contributed by atoms with Gasteiger partial charge in [-0.15, -0.1) is 0 Å². The van der Waals surface area contributed by atoms with Crippen LogP contribution in [0.2, 0.25) is 0 Å². The van der Waals surface area contributed by atoms with Crippen LogP contribution in [-0.4, -0.2) is 31.3 Å². The summed E-state index contributed by atoms with van der Waals surface area (Å²) in [5.41, 5.74) is 1.23. The standard InChI is InChI=1S/C12H17NO3/c1-13-8-2-3-10-4-6-11(7-5-10)16-9-12(14)15/h4-7,13H,2-3,8-9H2,1H3,(H,14,15). The van der Waals surface area contributed by atoms with Gasteiger partial charge in [-0.3, -0.25) is 0 Å². The Morgan fingerprint density at radius 3 is 2.62 bits per heavy atom. The van der Waals surface area contributed by atoms with Gasteiger partial charge in [-0.25, -0.2) is 4.79 Å². The second-order valence-corrected chi connectivity index (χ2v) is 3.53. The molecular formula is C12H17NO3. The summed E-state index contributed by atoms with van der Waals surface area (Å²) < 4.78 is 5.04. The number of carboxylic acids is 1. The van der Waals surface area contributed by atoms with E-state index in [1.54, 1.807) is 12.1 Å². The molecule has 0 heterocycles. The summed E-state index contributed by atoms with van der Waals surface area (Å²) in [6, 6.07) is 7.54. The first-order valence-corrected chi connectivity index (χ1v) is 5.30. The molecule has 0 saturated carbocycles. The lowest BCUT2D eigenvalue weighted by atomic mass is 10.1. The van der Waals surface area contributed by atoms with Crippen LogP contribution in [0, 0.1) is 0 Å². The third-order valence-corrected chi connectivity index (χ3v) is 2.18. The lowest BCUT2D eigenvalue weighted by Crippen LogP contribution is -2.09. The summed E-state index contributed by atoms with van der Waals surface area (Å²) in [5, 5.41) is 11.5. The number of hydrogen-bond donors (Lipinski definition) is 2. The first kappa shape index (κ1) is 12.5. The van der Waals surface area contributed by atoms with Gasteiger partial charge in [0.25, 0.3) is 0 Å². The van der Waals surface area contributed by atoms with Crippen molar-refractivity contribution in [3.63, 3.8) is 0 Å². The number of nitrogens with one attached hydrogen (secondary N) is 1. The number of carbonyl (C=O) groups is 1. The van der Waals surface area contributed by atoms with Crippen LogP contribution in [0.4, 0.5) is 0 Å². The van der Waals surface area contributed by atoms with E-state index in [9.17, 15) is 4.79 Å². The molecule has 4 nitrogen and oxygen atoms in total. The number of carboxylic acid groups (broad SMARTS) is 1. The van der Waals surface area contributed by atoms with Crippen molar-refractivity contribution in [2.45, 2.75) is 12.8 Å². The Hall–Kier alpha value is -1.55. The van der Waals surface area contributed by atoms with Gasteiger partial charge in [0.05, 0.1) is 0 Å². The van der Waals surface area contributed by atoms with Crippen molar-refractivity contribution < 1.29 is 14.6 Å². The molecule has 0 aliphatic carbocycles. The summed E-state index contributed by atoms with van der Waals surface area (Å²) in [6.45, 7) is 0.705. The molecule has 0 fully saturated rings. The molecular weight excluding hydrogens is 206 g/mol. The molecule has 4 heteroatoms. The van der Waals surface area contributed by atoms with Gasteiger partial charge >= 0.3 is 5.97 Å². The Labute approximate surface area is 95.2 Å². The lowest BCUT2D eigenvalue weighted by Gasteiger charge is -2.05. The molecule has 0 bridgehead atoms. The zero-order valence-corrected chi connectivity index (χ0v) is 9.40. The highest BCUT2D eigenvalue weighted by atomic mass is 16.5. The van der Waals surface area contributed by atoms with Crippen LogP contribution < -0.4 is 10.1 Å². The van der Waals surface area contributed by atoms with Gasteiger partial charge in [0, 0.05) is 0 Å². The van der Waals surface area contributed by atoms with Gasteiger partial charge in [0.1, 0.15) is 5.75 Å². The Bertz CT molecular complexity index is 322. The van der Waals surface area contributed by atoms with Crippen molar-refractivity contribution >= 4 is 5.97 Å². The van der Waals surface area contributed by atoms with Crippen LogP contribution in [0.5, 0.6) is 5.75 Å².